The fourth-order valence-corrected chi connectivity index (χ4v) is 2.41. The monoisotopic (exact) mass is 296 g/mol. The first kappa shape index (κ1) is 13.5. The van der Waals surface area contributed by atoms with E-state index in [0.29, 0.717) is 22.0 Å². The molecule has 0 atom stereocenters. The quantitative estimate of drug-likeness (QED) is 0.692. The van der Waals surface area contributed by atoms with E-state index in [0.717, 1.165) is 10.8 Å². The Morgan fingerprint density at radius 1 is 1.00 bits per heavy atom. The molecule has 0 saturated heterocycles. The van der Waals surface area contributed by atoms with E-state index < -0.39 is 0 Å². The van der Waals surface area contributed by atoms with Crippen LogP contribution in [0.5, 0.6) is 0 Å². The molecular formula is C17H13ClN2O. The molecule has 3 aromatic carbocycles. The Balaban J connectivity index is 1.95. The van der Waals surface area contributed by atoms with Gasteiger partial charge in [-0.15, -0.1) is 0 Å². The number of hydrogen-bond acceptors (Lipinski definition) is 2. The smallest absolute Gasteiger partial charge is 0.256 e. The summed E-state index contributed by atoms with van der Waals surface area (Å²) < 4.78 is 0. The number of benzene rings is 3. The van der Waals surface area contributed by atoms with E-state index in [-0.39, 0.29) is 5.91 Å². The Morgan fingerprint density at radius 2 is 1.76 bits per heavy atom. The van der Waals surface area contributed by atoms with Crippen molar-refractivity contribution in [1.29, 1.82) is 0 Å². The molecule has 3 aromatic rings. The van der Waals surface area contributed by atoms with Crippen LogP contribution in [-0.2, 0) is 0 Å². The summed E-state index contributed by atoms with van der Waals surface area (Å²) in [6.07, 6.45) is 0. The Labute approximate surface area is 127 Å². The Kier molecular flexibility index (Phi) is 3.50. The van der Waals surface area contributed by atoms with Gasteiger partial charge in [-0.3, -0.25) is 4.79 Å². The predicted octanol–water partition coefficient (Wildman–Crippen LogP) is 4.33. The largest absolute Gasteiger partial charge is 0.398 e. The van der Waals surface area contributed by atoms with Gasteiger partial charge in [0.1, 0.15) is 0 Å². The third-order valence-corrected chi connectivity index (χ3v) is 3.62. The number of carbonyl (C=O) groups is 1. The van der Waals surface area contributed by atoms with Crippen molar-refractivity contribution in [1.82, 2.24) is 0 Å². The second-order valence-electron chi connectivity index (χ2n) is 4.72. The Bertz CT molecular complexity index is 825. The van der Waals surface area contributed by atoms with E-state index in [2.05, 4.69) is 5.32 Å². The number of anilines is 2. The van der Waals surface area contributed by atoms with Crippen LogP contribution in [0.15, 0.2) is 60.7 Å². The van der Waals surface area contributed by atoms with E-state index in [4.69, 9.17) is 17.3 Å². The molecular weight excluding hydrogens is 284 g/mol. The van der Waals surface area contributed by atoms with Gasteiger partial charge in [-0.2, -0.15) is 0 Å². The van der Waals surface area contributed by atoms with Crippen LogP contribution in [0.1, 0.15) is 10.4 Å². The van der Waals surface area contributed by atoms with Gasteiger partial charge in [0.2, 0.25) is 0 Å². The van der Waals surface area contributed by atoms with E-state index >= 15 is 0 Å². The zero-order valence-corrected chi connectivity index (χ0v) is 11.9. The number of fused-ring (bicyclic) bond motifs is 1. The summed E-state index contributed by atoms with van der Waals surface area (Å²) in [7, 11) is 0. The van der Waals surface area contributed by atoms with Crippen molar-refractivity contribution in [2.45, 2.75) is 0 Å². The lowest BCUT2D eigenvalue weighted by molar-refractivity contribution is 0.102. The molecule has 0 aromatic heterocycles. The van der Waals surface area contributed by atoms with E-state index in [1.165, 1.54) is 0 Å². The Hall–Kier alpha value is -2.52. The zero-order chi connectivity index (χ0) is 14.8. The highest BCUT2D eigenvalue weighted by Gasteiger charge is 2.10. The third kappa shape index (κ3) is 2.69. The zero-order valence-electron chi connectivity index (χ0n) is 11.1. The van der Waals surface area contributed by atoms with Gasteiger partial charge >= 0.3 is 0 Å². The first-order valence-electron chi connectivity index (χ1n) is 6.49. The van der Waals surface area contributed by atoms with Crippen LogP contribution in [0.3, 0.4) is 0 Å². The molecule has 0 aliphatic rings. The maximum atomic E-state index is 12.4. The van der Waals surface area contributed by atoms with Crippen LogP contribution in [0, 0.1) is 0 Å². The maximum Gasteiger partial charge on any atom is 0.256 e. The molecule has 0 radical (unpaired) electrons. The van der Waals surface area contributed by atoms with E-state index in [1.807, 2.05) is 36.4 Å². The lowest BCUT2D eigenvalue weighted by Gasteiger charge is -2.09. The van der Waals surface area contributed by atoms with Gasteiger partial charge in [0.25, 0.3) is 5.91 Å². The van der Waals surface area contributed by atoms with Crippen molar-refractivity contribution in [2.24, 2.45) is 0 Å². The van der Waals surface area contributed by atoms with Gasteiger partial charge in [-0.25, -0.2) is 0 Å². The molecule has 0 aliphatic carbocycles. The number of amides is 1. The first-order chi connectivity index (χ1) is 10.1. The van der Waals surface area contributed by atoms with E-state index in [1.54, 1.807) is 24.3 Å². The summed E-state index contributed by atoms with van der Waals surface area (Å²) >= 11 is 5.96. The molecule has 0 unspecified atom stereocenters. The third-order valence-electron chi connectivity index (χ3n) is 3.29. The summed E-state index contributed by atoms with van der Waals surface area (Å²) in [6.45, 7) is 0. The molecule has 3 N–H and O–H groups in total. The summed E-state index contributed by atoms with van der Waals surface area (Å²) in [5.41, 5.74) is 7.39. The molecule has 21 heavy (non-hydrogen) atoms. The van der Waals surface area contributed by atoms with Crippen molar-refractivity contribution in [3.05, 3.63) is 71.2 Å². The molecule has 3 rings (SSSR count). The molecule has 1 amide bonds. The number of nitrogens with two attached hydrogens (primary N) is 1. The number of rotatable bonds is 2. The number of halogens is 1. The average molecular weight is 297 g/mol. The van der Waals surface area contributed by atoms with Crippen LogP contribution < -0.4 is 11.1 Å². The highest BCUT2D eigenvalue weighted by atomic mass is 35.5. The lowest BCUT2D eigenvalue weighted by Crippen LogP contribution is -2.12. The molecule has 104 valence electrons. The minimum absolute atomic E-state index is 0.173. The normalized spacial score (nSPS) is 10.5. The van der Waals surface area contributed by atoms with Crippen molar-refractivity contribution in [3.63, 3.8) is 0 Å². The van der Waals surface area contributed by atoms with Crippen molar-refractivity contribution in [2.75, 3.05) is 11.1 Å². The van der Waals surface area contributed by atoms with Crippen LogP contribution in [0.25, 0.3) is 10.8 Å². The molecule has 4 heteroatoms. The van der Waals surface area contributed by atoms with Gasteiger partial charge in [0, 0.05) is 11.3 Å². The van der Waals surface area contributed by atoms with Crippen LogP contribution in [0.2, 0.25) is 5.02 Å². The number of carbonyl (C=O) groups excluding carboxylic acids is 1. The van der Waals surface area contributed by atoms with Crippen LogP contribution in [0.4, 0.5) is 11.4 Å². The summed E-state index contributed by atoms with van der Waals surface area (Å²) in [5, 5.41) is 5.21. The van der Waals surface area contributed by atoms with Gasteiger partial charge < -0.3 is 11.1 Å². The fourth-order valence-electron chi connectivity index (χ4n) is 2.23. The summed E-state index contributed by atoms with van der Waals surface area (Å²) in [6, 6.07) is 18.5. The molecule has 0 saturated carbocycles. The fraction of sp³-hybridized carbons (Fsp3) is 0. The highest BCUT2D eigenvalue weighted by Crippen LogP contribution is 2.24. The molecule has 0 spiro atoms. The molecule has 0 aliphatic heterocycles. The minimum atomic E-state index is -0.173. The van der Waals surface area contributed by atoms with Gasteiger partial charge in [-0.05, 0) is 35.0 Å². The molecule has 0 fully saturated rings. The van der Waals surface area contributed by atoms with Crippen LogP contribution in [-0.4, -0.2) is 5.91 Å². The van der Waals surface area contributed by atoms with Crippen LogP contribution >= 0.6 is 11.6 Å². The second-order valence-corrected chi connectivity index (χ2v) is 5.12. The molecule has 3 nitrogen and oxygen atoms in total. The summed E-state index contributed by atoms with van der Waals surface area (Å²) in [4.78, 5) is 12.4. The number of hydrogen-bond donors (Lipinski definition) is 2. The molecule has 0 bridgehead atoms. The summed E-state index contributed by atoms with van der Waals surface area (Å²) in [5.74, 6) is -0.173. The van der Waals surface area contributed by atoms with Gasteiger partial charge in [-0.1, -0.05) is 48.0 Å². The molecule has 0 heterocycles. The maximum absolute atomic E-state index is 12.4. The van der Waals surface area contributed by atoms with E-state index in [9.17, 15) is 4.79 Å². The number of nitrogens with one attached hydrogen (secondary N) is 1. The second kappa shape index (κ2) is 5.46. The number of nitrogen functional groups attached to an aromatic ring is 1. The average Bonchev–Trinajstić information content (AvgIpc) is 2.50. The lowest BCUT2D eigenvalue weighted by atomic mass is 10.0. The minimum Gasteiger partial charge on any atom is -0.398 e. The van der Waals surface area contributed by atoms with Crippen molar-refractivity contribution >= 4 is 39.7 Å². The van der Waals surface area contributed by atoms with Crippen molar-refractivity contribution < 1.29 is 4.79 Å². The van der Waals surface area contributed by atoms with Gasteiger partial charge in [0.05, 0.1) is 10.7 Å². The topological polar surface area (TPSA) is 55.1 Å². The SMILES string of the molecule is Nc1ccc(NC(=O)c2cccc3ccccc23)cc1Cl. The highest BCUT2D eigenvalue weighted by molar-refractivity contribution is 6.33. The standard InChI is InChI=1S/C17H13ClN2O/c18-15-10-12(8-9-16(15)19)20-17(21)14-7-3-5-11-4-1-2-6-13(11)14/h1-10H,19H2,(H,20,21). The Morgan fingerprint density at radius 3 is 2.57 bits per heavy atom. The van der Waals surface area contributed by atoms with Gasteiger partial charge in [0.15, 0.2) is 0 Å². The predicted molar refractivity (Wildman–Crippen MR) is 87.8 cm³/mol. The van der Waals surface area contributed by atoms with Crippen molar-refractivity contribution in [3.8, 4) is 0 Å². The first-order valence-corrected chi connectivity index (χ1v) is 6.87.